The lowest BCUT2D eigenvalue weighted by Crippen LogP contribution is -2.32. The smallest absolute Gasteiger partial charge is 0.309 e. The molecule has 2 rings (SSSR count). The van der Waals surface area contributed by atoms with Gasteiger partial charge in [-0.3, -0.25) is 24.1 Å². The van der Waals surface area contributed by atoms with Crippen LogP contribution in [0.1, 0.15) is 71.1 Å². The minimum absolute atomic E-state index is 0.199. The Hall–Kier alpha value is -2.70. The molecular weight excluding hydrogens is 336 g/mol. The van der Waals surface area contributed by atoms with E-state index in [0.29, 0.717) is 12.1 Å². The second-order valence-electron chi connectivity index (χ2n) is 7.07. The van der Waals surface area contributed by atoms with E-state index in [4.69, 9.17) is 5.11 Å². The highest BCUT2D eigenvalue weighted by atomic mass is 16.4. The summed E-state index contributed by atoms with van der Waals surface area (Å²) in [6.45, 7) is 5.73. The van der Waals surface area contributed by atoms with E-state index in [9.17, 15) is 19.2 Å². The van der Waals surface area contributed by atoms with E-state index in [-0.39, 0.29) is 35.9 Å². The molecule has 0 radical (unpaired) electrons. The van der Waals surface area contributed by atoms with Crippen LogP contribution in [0.5, 0.6) is 0 Å². The van der Waals surface area contributed by atoms with Gasteiger partial charge in [-0.05, 0) is 44.9 Å². The lowest BCUT2D eigenvalue weighted by atomic mass is 9.89. The number of nitrogens with one attached hydrogen (secondary N) is 1. The second-order valence-corrected chi connectivity index (χ2v) is 7.07. The standard InChI is InChI=1S/C19H24N2O5/c1-4-5-10-21-16(23)13-7-6-12(11-14(13)17(21)24)15(22)20-9-8-19(2,3)18(25)26/h6-7,11H,4-5,8-10H2,1-3H3,(H,20,22)(H,25,26). The van der Waals surface area contributed by atoms with Crippen molar-refractivity contribution < 1.29 is 24.3 Å². The number of amides is 3. The summed E-state index contributed by atoms with van der Waals surface area (Å²) in [5, 5.41) is 11.7. The molecule has 0 saturated heterocycles. The molecule has 1 aromatic rings. The van der Waals surface area contributed by atoms with Gasteiger partial charge in [-0.25, -0.2) is 0 Å². The zero-order chi connectivity index (χ0) is 19.5. The van der Waals surface area contributed by atoms with E-state index in [1.54, 1.807) is 13.8 Å². The third-order valence-corrected chi connectivity index (χ3v) is 4.58. The Morgan fingerprint density at radius 1 is 1.15 bits per heavy atom. The molecule has 1 aromatic carbocycles. The summed E-state index contributed by atoms with van der Waals surface area (Å²) in [5.74, 6) is -2.03. The van der Waals surface area contributed by atoms with Crippen molar-refractivity contribution in [2.45, 2.75) is 40.0 Å². The topological polar surface area (TPSA) is 104 Å². The largest absolute Gasteiger partial charge is 0.481 e. The van der Waals surface area contributed by atoms with E-state index in [2.05, 4.69) is 5.32 Å². The van der Waals surface area contributed by atoms with Crippen LogP contribution in [0.2, 0.25) is 0 Å². The summed E-state index contributed by atoms with van der Waals surface area (Å²) in [6, 6.07) is 4.43. The third-order valence-electron chi connectivity index (χ3n) is 4.58. The van der Waals surface area contributed by atoms with Crippen LogP contribution in [-0.4, -0.2) is 46.8 Å². The van der Waals surface area contributed by atoms with Crippen molar-refractivity contribution in [1.82, 2.24) is 10.2 Å². The number of hydrogen-bond acceptors (Lipinski definition) is 4. The summed E-state index contributed by atoms with van der Waals surface area (Å²) in [4.78, 5) is 49.3. The Morgan fingerprint density at radius 2 is 1.81 bits per heavy atom. The van der Waals surface area contributed by atoms with Crippen LogP contribution in [0.25, 0.3) is 0 Å². The normalized spacial score (nSPS) is 13.7. The first-order valence-corrected chi connectivity index (χ1v) is 8.71. The molecule has 26 heavy (non-hydrogen) atoms. The number of carboxylic acid groups (broad SMARTS) is 1. The van der Waals surface area contributed by atoms with Gasteiger partial charge in [0.2, 0.25) is 0 Å². The molecule has 1 heterocycles. The number of unbranched alkanes of at least 4 members (excludes halogenated alkanes) is 1. The average Bonchev–Trinajstić information content (AvgIpc) is 2.83. The van der Waals surface area contributed by atoms with Crippen LogP contribution in [0.3, 0.4) is 0 Å². The molecule has 3 amide bonds. The van der Waals surface area contributed by atoms with Crippen LogP contribution in [-0.2, 0) is 4.79 Å². The predicted octanol–water partition coefficient (Wildman–Crippen LogP) is 2.31. The maximum absolute atomic E-state index is 12.4. The van der Waals surface area contributed by atoms with Crippen LogP contribution in [0.4, 0.5) is 0 Å². The van der Waals surface area contributed by atoms with Crippen molar-refractivity contribution in [2.75, 3.05) is 13.1 Å². The highest BCUT2D eigenvalue weighted by Gasteiger charge is 2.35. The van der Waals surface area contributed by atoms with Crippen molar-refractivity contribution in [3.05, 3.63) is 34.9 Å². The molecule has 7 nitrogen and oxygen atoms in total. The SMILES string of the molecule is CCCCN1C(=O)c2ccc(C(=O)NCCC(C)(C)C(=O)O)cc2C1=O. The number of carbonyl (C=O) groups excluding carboxylic acids is 3. The molecule has 0 atom stereocenters. The summed E-state index contributed by atoms with van der Waals surface area (Å²) in [5.41, 5.74) is -0.109. The van der Waals surface area contributed by atoms with E-state index in [1.165, 1.54) is 23.1 Å². The Morgan fingerprint density at radius 3 is 2.42 bits per heavy atom. The van der Waals surface area contributed by atoms with Crippen molar-refractivity contribution in [1.29, 1.82) is 0 Å². The van der Waals surface area contributed by atoms with Gasteiger partial charge >= 0.3 is 5.97 Å². The number of nitrogens with zero attached hydrogens (tertiary/aromatic N) is 1. The first-order chi connectivity index (χ1) is 12.2. The fraction of sp³-hybridized carbons (Fsp3) is 0.474. The number of carbonyl (C=O) groups is 4. The molecule has 0 spiro atoms. The van der Waals surface area contributed by atoms with Crippen molar-refractivity contribution in [3.63, 3.8) is 0 Å². The van der Waals surface area contributed by atoms with Gasteiger partial charge in [0.05, 0.1) is 16.5 Å². The van der Waals surface area contributed by atoms with E-state index >= 15 is 0 Å². The molecule has 140 valence electrons. The van der Waals surface area contributed by atoms with E-state index < -0.39 is 17.3 Å². The highest BCUT2D eigenvalue weighted by Crippen LogP contribution is 2.24. The third kappa shape index (κ3) is 3.92. The molecule has 0 saturated carbocycles. The predicted molar refractivity (Wildman–Crippen MR) is 95.1 cm³/mol. The zero-order valence-corrected chi connectivity index (χ0v) is 15.3. The number of aliphatic carboxylic acids is 1. The van der Waals surface area contributed by atoms with Crippen LogP contribution in [0.15, 0.2) is 18.2 Å². The monoisotopic (exact) mass is 360 g/mol. The van der Waals surface area contributed by atoms with Crippen LogP contribution < -0.4 is 5.32 Å². The van der Waals surface area contributed by atoms with Crippen LogP contribution in [0, 0.1) is 5.41 Å². The van der Waals surface area contributed by atoms with E-state index in [1.807, 2.05) is 6.92 Å². The maximum atomic E-state index is 12.4. The quantitative estimate of drug-likeness (QED) is 0.692. The highest BCUT2D eigenvalue weighted by molar-refractivity contribution is 6.22. The Kier molecular flexibility index (Phi) is 5.79. The van der Waals surface area contributed by atoms with Gasteiger partial charge in [0, 0.05) is 18.7 Å². The lowest BCUT2D eigenvalue weighted by Gasteiger charge is -2.18. The van der Waals surface area contributed by atoms with E-state index in [0.717, 1.165) is 12.8 Å². The molecule has 0 bridgehead atoms. The molecule has 0 unspecified atom stereocenters. The number of fused-ring (bicyclic) bond motifs is 1. The van der Waals surface area contributed by atoms with Gasteiger partial charge in [0.15, 0.2) is 0 Å². The first kappa shape index (κ1) is 19.6. The Bertz CT molecular complexity index is 754. The maximum Gasteiger partial charge on any atom is 0.309 e. The number of imide groups is 1. The van der Waals surface area contributed by atoms with Gasteiger partial charge in [0.25, 0.3) is 17.7 Å². The van der Waals surface area contributed by atoms with Gasteiger partial charge in [-0.1, -0.05) is 13.3 Å². The van der Waals surface area contributed by atoms with Gasteiger partial charge in [-0.15, -0.1) is 0 Å². The van der Waals surface area contributed by atoms with Gasteiger partial charge < -0.3 is 10.4 Å². The molecule has 0 aliphatic carbocycles. The van der Waals surface area contributed by atoms with Crippen LogP contribution >= 0.6 is 0 Å². The second kappa shape index (κ2) is 7.68. The molecule has 7 heteroatoms. The van der Waals surface area contributed by atoms with Gasteiger partial charge in [0.1, 0.15) is 0 Å². The molecule has 0 aromatic heterocycles. The minimum atomic E-state index is -0.937. The molecular formula is C19H24N2O5. The Labute approximate surface area is 152 Å². The molecule has 1 aliphatic heterocycles. The number of benzene rings is 1. The average molecular weight is 360 g/mol. The molecule has 2 N–H and O–H groups in total. The summed E-state index contributed by atoms with van der Waals surface area (Å²) >= 11 is 0. The fourth-order valence-corrected chi connectivity index (χ4v) is 2.65. The minimum Gasteiger partial charge on any atom is -0.481 e. The van der Waals surface area contributed by atoms with Gasteiger partial charge in [-0.2, -0.15) is 0 Å². The molecule has 0 fully saturated rings. The summed E-state index contributed by atoms with van der Waals surface area (Å²) < 4.78 is 0. The van der Waals surface area contributed by atoms with Crippen molar-refractivity contribution in [3.8, 4) is 0 Å². The number of carboxylic acids is 1. The fourth-order valence-electron chi connectivity index (χ4n) is 2.65. The Balaban J connectivity index is 2.07. The summed E-state index contributed by atoms with van der Waals surface area (Å²) in [6.07, 6.45) is 1.88. The van der Waals surface area contributed by atoms with Crippen molar-refractivity contribution >= 4 is 23.7 Å². The number of hydrogen-bond donors (Lipinski definition) is 2. The zero-order valence-electron chi connectivity index (χ0n) is 15.3. The molecule has 1 aliphatic rings. The first-order valence-electron chi connectivity index (χ1n) is 8.71. The lowest BCUT2D eigenvalue weighted by molar-refractivity contribution is -0.147. The summed E-state index contributed by atoms with van der Waals surface area (Å²) in [7, 11) is 0. The van der Waals surface area contributed by atoms with Crippen molar-refractivity contribution in [2.24, 2.45) is 5.41 Å². The number of rotatable bonds is 8.